The predicted octanol–water partition coefficient (Wildman–Crippen LogP) is 4.86. The SMILES string of the molecule is Cc1ccc(C(C)Nc2cccc3cccnc23)cc1F. The number of para-hydroxylation sites is 1. The minimum atomic E-state index is -0.169. The fourth-order valence-electron chi connectivity index (χ4n) is 2.42. The first-order valence-corrected chi connectivity index (χ1v) is 7.01. The second-order valence-corrected chi connectivity index (χ2v) is 5.26. The number of halogens is 1. The van der Waals surface area contributed by atoms with Gasteiger partial charge in [-0.15, -0.1) is 0 Å². The minimum absolute atomic E-state index is 0.00714. The highest BCUT2D eigenvalue weighted by Gasteiger charge is 2.09. The largest absolute Gasteiger partial charge is 0.377 e. The fourth-order valence-corrected chi connectivity index (χ4v) is 2.42. The summed E-state index contributed by atoms with van der Waals surface area (Å²) in [6.07, 6.45) is 1.78. The van der Waals surface area contributed by atoms with E-state index in [1.165, 1.54) is 0 Å². The molecular weight excluding hydrogens is 263 g/mol. The van der Waals surface area contributed by atoms with Crippen LogP contribution in [-0.2, 0) is 0 Å². The number of nitrogens with zero attached hydrogens (tertiary/aromatic N) is 1. The Morgan fingerprint density at radius 3 is 2.71 bits per heavy atom. The Labute approximate surface area is 123 Å². The molecule has 0 radical (unpaired) electrons. The van der Waals surface area contributed by atoms with E-state index in [1.807, 2.05) is 49.4 Å². The van der Waals surface area contributed by atoms with Crippen molar-refractivity contribution in [3.05, 3.63) is 71.7 Å². The number of pyridine rings is 1. The molecule has 0 spiro atoms. The summed E-state index contributed by atoms with van der Waals surface area (Å²) in [5, 5.41) is 4.51. The van der Waals surface area contributed by atoms with Gasteiger partial charge in [0.05, 0.1) is 11.2 Å². The second-order valence-electron chi connectivity index (χ2n) is 5.26. The Morgan fingerprint density at radius 1 is 1.10 bits per heavy atom. The van der Waals surface area contributed by atoms with Crippen molar-refractivity contribution in [2.45, 2.75) is 19.9 Å². The molecule has 1 heterocycles. The molecule has 0 aliphatic rings. The highest BCUT2D eigenvalue weighted by atomic mass is 19.1. The molecule has 3 aromatic rings. The molecular formula is C18H17FN2. The summed E-state index contributed by atoms with van der Waals surface area (Å²) in [4.78, 5) is 4.42. The van der Waals surface area contributed by atoms with Gasteiger partial charge in [0.15, 0.2) is 0 Å². The van der Waals surface area contributed by atoms with Gasteiger partial charge in [-0.2, -0.15) is 0 Å². The quantitative estimate of drug-likeness (QED) is 0.741. The van der Waals surface area contributed by atoms with Crippen LogP contribution in [0.4, 0.5) is 10.1 Å². The first kappa shape index (κ1) is 13.6. The van der Waals surface area contributed by atoms with E-state index in [-0.39, 0.29) is 11.9 Å². The van der Waals surface area contributed by atoms with Crippen LogP contribution in [0.5, 0.6) is 0 Å². The molecule has 3 rings (SSSR count). The maximum absolute atomic E-state index is 13.7. The lowest BCUT2D eigenvalue weighted by Gasteiger charge is -2.17. The van der Waals surface area contributed by atoms with Crippen LogP contribution in [0.1, 0.15) is 24.1 Å². The molecule has 0 bridgehead atoms. The maximum atomic E-state index is 13.7. The standard InChI is InChI=1S/C18H17FN2/c1-12-8-9-15(11-16(12)19)13(2)21-17-7-3-5-14-6-4-10-20-18(14)17/h3-11,13,21H,1-2H3. The zero-order valence-corrected chi connectivity index (χ0v) is 12.1. The predicted molar refractivity (Wildman–Crippen MR) is 84.9 cm³/mol. The van der Waals surface area contributed by atoms with Crippen LogP contribution in [0.2, 0.25) is 0 Å². The number of benzene rings is 2. The number of nitrogens with one attached hydrogen (secondary N) is 1. The third-order valence-electron chi connectivity index (χ3n) is 3.70. The van der Waals surface area contributed by atoms with Crippen LogP contribution in [-0.4, -0.2) is 4.98 Å². The molecule has 0 amide bonds. The zero-order chi connectivity index (χ0) is 14.8. The number of fused-ring (bicyclic) bond motifs is 1. The first-order chi connectivity index (χ1) is 10.1. The van der Waals surface area contributed by atoms with Crippen molar-refractivity contribution in [3.8, 4) is 0 Å². The molecule has 0 saturated carbocycles. The fraction of sp³-hybridized carbons (Fsp3) is 0.167. The van der Waals surface area contributed by atoms with Crippen molar-refractivity contribution >= 4 is 16.6 Å². The van der Waals surface area contributed by atoms with Crippen molar-refractivity contribution in [2.24, 2.45) is 0 Å². The topological polar surface area (TPSA) is 24.9 Å². The van der Waals surface area contributed by atoms with Crippen LogP contribution >= 0.6 is 0 Å². The van der Waals surface area contributed by atoms with Crippen molar-refractivity contribution in [2.75, 3.05) is 5.32 Å². The molecule has 2 aromatic carbocycles. The first-order valence-electron chi connectivity index (χ1n) is 7.01. The Kier molecular flexibility index (Phi) is 3.57. The van der Waals surface area contributed by atoms with E-state index in [1.54, 1.807) is 19.2 Å². The number of aryl methyl sites for hydroxylation is 1. The van der Waals surface area contributed by atoms with Gasteiger partial charge in [-0.05, 0) is 43.2 Å². The third-order valence-corrected chi connectivity index (χ3v) is 3.70. The summed E-state index contributed by atoms with van der Waals surface area (Å²) >= 11 is 0. The number of aromatic nitrogens is 1. The van der Waals surface area contributed by atoms with Gasteiger partial charge in [-0.3, -0.25) is 4.98 Å². The summed E-state index contributed by atoms with van der Waals surface area (Å²) < 4.78 is 13.7. The number of rotatable bonds is 3. The lowest BCUT2D eigenvalue weighted by atomic mass is 10.1. The Morgan fingerprint density at radius 2 is 1.90 bits per heavy atom. The van der Waals surface area contributed by atoms with E-state index in [0.29, 0.717) is 5.56 Å². The van der Waals surface area contributed by atoms with Crippen LogP contribution in [0.3, 0.4) is 0 Å². The van der Waals surface area contributed by atoms with Crippen molar-refractivity contribution in [3.63, 3.8) is 0 Å². The number of hydrogen-bond donors (Lipinski definition) is 1. The van der Waals surface area contributed by atoms with E-state index in [9.17, 15) is 4.39 Å². The van der Waals surface area contributed by atoms with E-state index < -0.39 is 0 Å². The van der Waals surface area contributed by atoms with Crippen LogP contribution < -0.4 is 5.32 Å². The molecule has 1 N–H and O–H groups in total. The molecule has 1 unspecified atom stereocenters. The van der Waals surface area contributed by atoms with Gasteiger partial charge >= 0.3 is 0 Å². The zero-order valence-electron chi connectivity index (χ0n) is 12.1. The van der Waals surface area contributed by atoms with Gasteiger partial charge in [0.1, 0.15) is 5.82 Å². The van der Waals surface area contributed by atoms with Crippen molar-refractivity contribution in [1.82, 2.24) is 4.98 Å². The van der Waals surface area contributed by atoms with Gasteiger partial charge in [-0.25, -0.2) is 4.39 Å². The molecule has 1 atom stereocenters. The molecule has 0 fully saturated rings. The summed E-state index contributed by atoms with van der Waals surface area (Å²) in [5.41, 5.74) is 3.48. The molecule has 1 aromatic heterocycles. The van der Waals surface area contributed by atoms with Gasteiger partial charge in [0, 0.05) is 17.6 Å². The Balaban J connectivity index is 1.92. The van der Waals surface area contributed by atoms with Gasteiger partial charge in [-0.1, -0.05) is 30.3 Å². The van der Waals surface area contributed by atoms with Crippen molar-refractivity contribution in [1.29, 1.82) is 0 Å². The van der Waals surface area contributed by atoms with E-state index in [0.717, 1.165) is 22.2 Å². The molecule has 106 valence electrons. The highest BCUT2D eigenvalue weighted by molar-refractivity contribution is 5.90. The van der Waals surface area contributed by atoms with Gasteiger partial charge in [0.2, 0.25) is 0 Å². The van der Waals surface area contributed by atoms with E-state index in [2.05, 4.69) is 10.3 Å². The summed E-state index contributed by atoms with van der Waals surface area (Å²) in [7, 11) is 0. The number of hydrogen-bond acceptors (Lipinski definition) is 2. The summed E-state index contributed by atoms with van der Waals surface area (Å²) in [6, 6.07) is 15.3. The van der Waals surface area contributed by atoms with Gasteiger partial charge < -0.3 is 5.32 Å². The molecule has 0 aliphatic carbocycles. The Bertz CT molecular complexity index is 778. The Hall–Kier alpha value is -2.42. The highest BCUT2D eigenvalue weighted by Crippen LogP contribution is 2.26. The lowest BCUT2D eigenvalue weighted by Crippen LogP contribution is -2.07. The normalized spacial score (nSPS) is 12.3. The van der Waals surface area contributed by atoms with Gasteiger partial charge in [0.25, 0.3) is 0 Å². The summed E-state index contributed by atoms with van der Waals surface area (Å²) in [5.74, 6) is -0.169. The van der Waals surface area contributed by atoms with E-state index in [4.69, 9.17) is 0 Å². The maximum Gasteiger partial charge on any atom is 0.126 e. The molecule has 21 heavy (non-hydrogen) atoms. The molecule has 2 nitrogen and oxygen atoms in total. The second kappa shape index (κ2) is 5.52. The van der Waals surface area contributed by atoms with E-state index >= 15 is 0 Å². The molecule has 0 saturated heterocycles. The monoisotopic (exact) mass is 280 g/mol. The minimum Gasteiger partial charge on any atom is -0.377 e. The van der Waals surface area contributed by atoms with Crippen LogP contribution in [0.25, 0.3) is 10.9 Å². The lowest BCUT2D eigenvalue weighted by molar-refractivity contribution is 0.614. The average molecular weight is 280 g/mol. The smallest absolute Gasteiger partial charge is 0.126 e. The molecule has 3 heteroatoms. The van der Waals surface area contributed by atoms with Crippen LogP contribution in [0, 0.1) is 12.7 Å². The number of anilines is 1. The summed E-state index contributed by atoms with van der Waals surface area (Å²) in [6.45, 7) is 3.79. The van der Waals surface area contributed by atoms with Crippen molar-refractivity contribution < 1.29 is 4.39 Å². The molecule has 0 aliphatic heterocycles. The van der Waals surface area contributed by atoms with Crippen LogP contribution in [0.15, 0.2) is 54.7 Å². The average Bonchev–Trinajstić information content (AvgIpc) is 2.50. The third kappa shape index (κ3) is 2.72.